The maximum absolute atomic E-state index is 11.8. The van der Waals surface area contributed by atoms with Gasteiger partial charge in [-0.3, -0.25) is 0 Å². The highest BCUT2D eigenvalue weighted by atomic mass is 79.9. The second kappa shape index (κ2) is 10.5. The van der Waals surface area contributed by atoms with E-state index < -0.39 is 0 Å². The summed E-state index contributed by atoms with van der Waals surface area (Å²) >= 11 is 9.69. The molecule has 3 rings (SSSR count). The number of aromatic nitrogens is 2. The molecule has 10 heteroatoms. The molecule has 0 unspecified atom stereocenters. The quantitative estimate of drug-likeness (QED) is 0.326. The van der Waals surface area contributed by atoms with Crippen molar-refractivity contribution in [3.63, 3.8) is 0 Å². The smallest absolute Gasteiger partial charge is 0.321 e. The molecule has 0 spiro atoms. The van der Waals surface area contributed by atoms with Crippen LogP contribution in [0.1, 0.15) is 6.42 Å². The third-order valence-corrected chi connectivity index (χ3v) is 5.10. The van der Waals surface area contributed by atoms with Crippen LogP contribution >= 0.6 is 27.5 Å². The molecule has 0 saturated carbocycles. The Bertz CT molecular complexity index is 1080. The van der Waals surface area contributed by atoms with Crippen molar-refractivity contribution < 1.29 is 19.0 Å². The summed E-state index contributed by atoms with van der Waals surface area (Å²) in [7, 11) is 4.87. The van der Waals surface area contributed by atoms with E-state index in [1.165, 1.54) is 11.2 Å². The lowest BCUT2D eigenvalue weighted by molar-refractivity contribution is 0.230. The molecule has 0 radical (unpaired) electrons. The first-order valence-corrected chi connectivity index (χ1v) is 10.9. The summed E-state index contributed by atoms with van der Waals surface area (Å²) in [4.78, 5) is 21.8. The predicted molar refractivity (Wildman–Crippen MR) is 124 cm³/mol. The van der Waals surface area contributed by atoms with Gasteiger partial charge in [0.25, 0.3) is 0 Å². The Hall–Kier alpha value is -2.78. The first-order chi connectivity index (χ1) is 14.9. The van der Waals surface area contributed by atoms with Crippen molar-refractivity contribution in [1.82, 2.24) is 14.9 Å². The van der Waals surface area contributed by atoms with Crippen LogP contribution in [-0.2, 0) is 0 Å². The van der Waals surface area contributed by atoms with Crippen LogP contribution < -0.4 is 19.5 Å². The second-order valence-corrected chi connectivity index (χ2v) is 7.86. The molecule has 0 aliphatic heterocycles. The van der Waals surface area contributed by atoms with E-state index in [-0.39, 0.29) is 6.03 Å². The van der Waals surface area contributed by atoms with E-state index in [1.54, 1.807) is 51.5 Å². The highest BCUT2D eigenvalue weighted by Gasteiger charge is 2.14. The van der Waals surface area contributed by atoms with E-state index in [4.69, 9.17) is 25.8 Å². The van der Waals surface area contributed by atoms with Gasteiger partial charge in [0, 0.05) is 31.6 Å². The minimum atomic E-state index is -0.279. The number of nitrogens with zero attached hydrogens (tertiary/aromatic N) is 3. The highest BCUT2D eigenvalue weighted by molar-refractivity contribution is 9.09. The monoisotopic (exact) mass is 508 g/mol. The number of ether oxygens (including phenoxy) is 3. The molecule has 1 N–H and O–H groups in total. The Morgan fingerprint density at radius 3 is 2.68 bits per heavy atom. The van der Waals surface area contributed by atoms with Crippen LogP contribution in [0.5, 0.6) is 23.1 Å². The Morgan fingerprint density at radius 1 is 1.19 bits per heavy atom. The van der Waals surface area contributed by atoms with Crippen LogP contribution in [0.25, 0.3) is 10.9 Å². The van der Waals surface area contributed by atoms with E-state index in [0.29, 0.717) is 51.3 Å². The third kappa shape index (κ3) is 5.68. The van der Waals surface area contributed by atoms with Crippen LogP contribution in [0.15, 0.2) is 36.7 Å². The number of nitrogens with one attached hydrogen (secondary N) is 1. The molecule has 0 atom stereocenters. The predicted octanol–water partition coefficient (Wildman–Crippen LogP) is 5.34. The van der Waals surface area contributed by atoms with Crippen molar-refractivity contribution in [2.45, 2.75) is 6.42 Å². The van der Waals surface area contributed by atoms with Gasteiger partial charge in [0.15, 0.2) is 11.5 Å². The Kier molecular flexibility index (Phi) is 7.75. The molecule has 0 fully saturated rings. The number of fused-ring (bicyclic) bond motifs is 1. The molecule has 2 aromatic carbocycles. The number of methoxy groups -OCH3 is 1. The molecule has 8 nitrogen and oxygen atoms in total. The lowest BCUT2D eigenvalue weighted by Crippen LogP contribution is -2.27. The molecular weight excluding hydrogens is 488 g/mol. The SMILES string of the molecule is COc1cc2c(Oc3ccc(NC(=O)N(C)C)c(Cl)c3)ncnc2cc1OCCCBr. The Morgan fingerprint density at radius 2 is 2.00 bits per heavy atom. The number of urea groups is 1. The summed E-state index contributed by atoms with van der Waals surface area (Å²) in [6, 6.07) is 8.26. The number of benzene rings is 2. The van der Waals surface area contributed by atoms with Gasteiger partial charge in [0.2, 0.25) is 5.88 Å². The molecule has 31 heavy (non-hydrogen) atoms. The van der Waals surface area contributed by atoms with Gasteiger partial charge in [-0.25, -0.2) is 14.8 Å². The maximum atomic E-state index is 11.8. The molecule has 1 aromatic heterocycles. The summed E-state index contributed by atoms with van der Waals surface area (Å²) in [5.41, 5.74) is 1.13. The van der Waals surface area contributed by atoms with Gasteiger partial charge in [-0.1, -0.05) is 27.5 Å². The van der Waals surface area contributed by atoms with Crippen molar-refractivity contribution in [3.8, 4) is 23.1 Å². The number of halogens is 2. The van der Waals surface area contributed by atoms with Crippen molar-refractivity contribution in [2.75, 3.05) is 38.5 Å². The molecule has 1 heterocycles. The standard InChI is InChI=1S/C21H22BrClN4O4/c1-27(2)21(28)26-16-6-5-13(9-15(16)23)31-20-14-10-18(29-3)19(30-8-4-7-22)11-17(14)24-12-25-20/h5-6,9-12H,4,7-8H2,1-3H3,(H,26,28). The van der Waals surface area contributed by atoms with Gasteiger partial charge in [0.1, 0.15) is 12.1 Å². The third-order valence-electron chi connectivity index (χ3n) is 4.22. The van der Waals surface area contributed by atoms with E-state index in [1.807, 2.05) is 0 Å². The topological polar surface area (TPSA) is 85.8 Å². The molecule has 3 aromatic rings. The fourth-order valence-electron chi connectivity index (χ4n) is 2.63. The number of hydrogen-bond acceptors (Lipinski definition) is 6. The molecule has 164 valence electrons. The Balaban J connectivity index is 1.87. The zero-order valence-corrected chi connectivity index (χ0v) is 19.7. The summed E-state index contributed by atoms with van der Waals surface area (Å²) in [5.74, 6) is 1.96. The van der Waals surface area contributed by atoms with Crippen LogP contribution in [0.4, 0.5) is 10.5 Å². The molecule has 0 aliphatic carbocycles. The van der Waals surface area contributed by atoms with Crippen LogP contribution in [0, 0.1) is 0 Å². The van der Waals surface area contributed by atoms with E-state index in [9.17, 15) is 4.79 Å². The molecule has 0 saturated heterocycles. The largest absolute Gasteiger partial charge is 0.493 e. The van der Waals surface area contributed by atoms with Gasteiger partial charge in [0.05, 0.1) is 35.3 Å². The number of carbonyl (C=O) groups excluding carboxylic acids is 1. The molecule has 2 amide bonds. The summed E-state index contributed by atoms with van der Waals surface area (Å²) < 4.78 is 17.2. The van der Waals surface area contributed by atoms with Gasteiger partial charge in [-0.05, 0) is 24.6 Å². The number of alkyl halides is 1. The summed E-state index contributed by atoms with van der Waals surface area (Å²) in [6.45, 7) is 0.552. The summed E-state index contributed by atoms with van der Waals surface area (Å²) in [6.07, 6.45) is 2.28. The zero-order chi connectivity index (χ0) is 22.4. The number of rotatable bonds is 8. The number of hydrogen-bond donors (Lipinski definition) is 1. The molecule has 0 bridgehead atoms. The number of carbonyl (C=O) groups is 1. The number of amides is 2. The minimum Gasteiger partial charge on any atom is -0.493 e. The second-order valence-electron chi connectivity index (χ2n) is 6.66. The lowest BCUT2D eigenvalue weighted by atomic mass is 10.2. The molecular formula is C21H22BrClN4O4. The van der Waals surface area contributed by atoms with Gasteiger partial charge < -0.3 is 24.4 Å². The number of anilines is 1. The van der Waals surface area contributed by atoms with E-state index >= 15 is 0 Å². The van der Waals surface area contributed by atoms with Crippen LogP contribution in [0.2, 0.25) is 5.02 Å². The first-order valence-electron chi connectivity index (χ1n) is 9.40. The van der Waals surface area contributed by atoms with Gasteiger partial charge in [-0.2, -0.15) is 0 Å². The molecule has 0 aliphatic rings. The van der Waals surface area contributed by atoms with Crippen molar-refractivity contribution in [3.05, 3.63) is 41.7 Å². The minimum absolute atomic E-state index is 0.279. The average Bonchev–Trinajstić information content (AvgIpc) is 2.75. The Labute approximate surface area is 193 Å². The van der Waals surface area contributed by atoms with Crippen molar-refractivity contribution >= 4 is 50.2 Å². The summed E-state index contributed by atoms with van der Waals surface area (Å²) in [5, 5.41) is 4.56. The fourth-order valence-corrected chi connectivity index (χ4v) is 3.08. The normalized spacial score (nSPS) is 10.6. The van der Waals surface area contributed by atoms with E-state index in [2.05, 4.69) is 31.2 Å². The van der Waals surface area contributed by atoms with Crippen LogP contribution in [0.3, 0.4) is 0 Å². The first kappa shape index (κ1) is 22.9. The van der Waals surface area contributed by atoms with Crippen molar-refractivity contribution in [2.24, 2.45) is 0 Å². The van der Waals surface area contributed by atoms with Crippen LogP contribution in [-0.4, -0.2) is 54.0 Å². The zero-order valence-electron chi connectivity index (χ0n) is 17.3. The maximum Gasteiger partial charge on any atom is 0.321 e. The fraction of sp³-hybridized carbons (Fsp3) is 0.286. The van der Waals surface area contributed by atoms with Gasteiger partial charge in [-0.15, -0.1) is 0 Å². The lowest BCUT2D eigenvalue weighted by Gasteiger charge is -2.15. The average molecular weight is 510 g/mol. The van der Waals surface area contributed by atoms with Crippen molar-refractivity contribution in [1.29, 1.82) is 0 Å². The van der Waals surface area contributed by atoms with Gasteiger partial charge >= 0.3 is 6.03 Å². The van der Waals surface area contributed by atoms with E-state index in [0.717, 1.165) is 11.8 Å². The highest BCUT2D eigenvalue weighted by Crippen LogP contribution is 2.37.